The maximum atomic E-state index is 13.4. The molecule has 2 aromatic heterocycles. The van der Waals surface area contributed by atoms with Crippen molar-refractivity contribution in [3.63, 3.8) is 0 Å². The number of piperidine rings is 1. The van der Waals surface area contributed by atoms with E-state index in [4.69, 9.17) is 9.84 Å². The summed E-state index contributed by atoms with van der Waals surface area (Å²) in [5.74, 6) is 0.598. The summed E-state index contributed by atoms with van der Waals surface area (Å²) in [5.41, 5.74) is 3.65. The summed E-state index contributed by atoms with van der Waals surface area (Å²) >= 11 is 0. The molecular weight excluding hydrogens is 352 g/mol. The van der Waals surface area contributed by atoms with E-state index >= 15 is 0 Å². The second-order valence-electron chi connectivity index (χ2n) is 7.05. The van der Waals surface area contributed by atoms with E-state index in [0.29, 0.717) is 17.9 Å². The number of aromatic nitrogens is 3. The molecule has 28 heavy (non-hydrogen) atoms. The highest BCUT2D eigenvalue weighted by molar-refractivity contribution is 5.97. The summed E-state index contributed by atoms with van der Waals surface area (Å²) in [5, 5.41) is 4.75. The summed E-state index contributed by atoms with van der Waals surface area (Å²) < 4.78 is 7.25. The summed E-state index contributed by atoms with van der Waals surface area (Å²) in [4.78, 5) is 19.5. The topological polar surface area (TPSA) is 60.2 Å². The minimum atomic E-state index is -0.0597. The number of nitrogens with zero attached hydrogens (tertiary/aromatic N) is 4. The van der Waals surface area contributed by atoms with Crippen molar-refractivity contribution in [1.29, 1.82) is 0 Å². The van der Waals surface area contributed by atoms with Crippen LogP contribution in [0.1, 0.15) is 41.4 Å². The van der Waals surface area contributed by atoms with Crippen molar-refractivity contribution in [2.24, 2.45) is 7.05 Å². The Kier molecular flexibility index (Phi) is 5.10. The van der Waals surface area contributed by atoms with E-state index < -0.39 is 0 Å². The van der Waals surface area contributed by atoms with Crippen LogP contribution in [-0.4, -0.2) is 39.2 Å². The first-order valence-electron chi connectivity index (χ1n) is 9.57. The molecule has 1 saturated heterocycles. The highest BCUT2D eigenvalue weighted by Gasteiger charge is 2.33. The number of methoxy groups -OCH3 is 1. The lowest BCUT2D eigenvalue weighted by Gasteiger charge is -2.35. The van der Waals surface area contributed by atoms with Gasteiger partial charge in [0.05, 0.1) is 24.4 Å². The molecule has 3 aromatic rings. The fourth-order valence-corrected chi connectivity index (χ4v) is 3.94. The van der Waals surface area contributed by atoms with E-state index in [9.17, 15) is 4.79 Å². The Morgan fingerprint density at radius 3 is 2.71 bits per heavy atom. The Bertz CT molecular complexity index is 968. The lowest BCUT2D eigenvalue weighted by atomic mass is 9.94. The summed E-state index contributed by atoms with van der Waals surface area (Å²) in [6.45, 7) is 0.716. The SMILES string of the molecule is COc1ccccc1C(=O)N1CCCCC1c1nn(C)cc1-c1ccncc1. The first-order valence-corrected chi connectivity index (χ1v) is 9.57. The number of pyridine rings is 1. The molecule has 6 heteroatoms. The number of benzene rings is 1. The first kappa shape index (κ1) is 18.2. The first-order chi connectivity index (χ1) is 13.7. The monoisotopic (exact) mass is 376 g/mol. The molecule has 4 rings (SSSR count). The fraction of sp³-hybridized carbons (Fsp3) is 0.318. The number of hydrogen-bond donors (Lipinski definition) is 0. The smallest absolute Gasteiger partial charge is 0.258 e. The van der Waals surface area contributed by atoms with E-state index in [1.807, 2.05) is 59.2 Å². The average Bonchev–Trinajstić information content (AvgIpc) is 3.15. The molecule has 1 fully saturated rings. The third-order valence-corrected chi connectivity index (χ3v) is 5.27. The highest BCUT2D eigenvalue weighted by Crippen LogP contribution is 2.37. The zero-order valence-electron chi connectivity index (χ0n) is 16.2. The molecular formula is C22H24N4O2. The number of rotatable bonds is 4. The van der Waals surface area contributed by atoms with Crippen LogP contribution >= 0.6 is 0 Å². The Morgan fingerprint density at radius 2 is 1.93 bits per heavy atom. The van der Waals surface area contributed by atoms with Gasteiger partial charge in [-0.3, -0.25) is 14.5 Å². The van der Waals surface area contributed by atoms with Gasteiger partial charge in [-0.15, -0.1) is 0 Å². The van der Waals surface area contributed by atoms with Crippen LogP contribution in [0.25, 0.3) is 11.1 Å². The average molecular weight is 376 g/mol. The number of carbonyl (C=O) groups excluding carboxylic acids is 1. The van der Waals surface area contributed by atoms with Crippen LogP contribution in [-0.2, 0) is 7.05 Å². The van der Waals surface area contributed by atoms with Crippen molar-refractivity contribution in [2.75, 3.05) is 13.7 Å². The maximum Gasteiger partial charge on any atom is 0.258 e. The lowest BCUT2D eigenvalue weighted by molar-refractivity contribution is 0.0602. The number of hydrogen-bond acceptors (Lipinski definition) is 4. The normalized spacial score (nSPS) is 16.8. The van der Waals surface area contributed by atoms with Crippen LogP contribution in [0, 0.1) is 0 Å². The third kappa shape index (κ3) is 3.38. The quantitative estimate of drug-likeness (QED) is 0.694. The van der Waals surface area contributed by atoms with Gasteiger partial charge in [0.2, 0.25) is 0 Å². The predicted octanol–water partition coefficient (Wildman–Crippen LogP) is 3.86. The van der Waals surface area contributed by atoms with Crippen molar-refractivity contribution in [2.45, 2.75) is 25.3 Å². The molecule has 1 unspecified atom stereocenters. The van der Waals surface area contributed by atoms with E-state index in [1.165, 1.54) is 0 Å². The Morgan fingerprint density at radius 1 is 1.14 bits per heavy atom. The molecule has 0 spiro atoms. The van der Waals surface area contributed by atoms with Crippen LogP contribution < -0.4 is 4.74 Å². The minimum Gasteiger partial charge on any atom is -0.496 e. The van der Waals surface area contributed by atoms with E-state index in [1.54, 1.807) is 19.5 Å². The number of amides is 1. The summed E-state index contributed by atoms with van der Waals surface area (Å²) in [6, 6.07) is 11.3. The van der Waals surface area contributed by atoms with Crippen molar-refractivity contribution < 1.29 is 9.53 Å². The number of carbonyl (C=O) groups is 1. The van der Waals surface area contributed by atoms with E-state index in [-0.39, 0.29) is 11.9 Å². The van der Waals surface area contributed by atoms with Gasteiger partial charge in [0.25, 0.3) is 5.91 Å². The van der Waals surface area contributed by atoms with Crippen LogP contribution in [0.4, 0.5) is 0 Å². The largest absolute Gasteiger partial charge is 0.496 e. The van der Waals surface area contributed by atoms with Crippen LogP contribution in [0.5, 0.6) is 5.75 Å². The van der Waals surface area contributed by atoms with Gasteiger partial charge < -0.3 is 9.64 Å². The molecule has 1 aliphatic rings. The molecule has 0 bridgehead atoms. The van der Waals surface area contributed by atoms with Crippen molar-refractivity contribution >= 4 is 5.91 Å². The highest BCUT2D eigenvalue weighted by atomic mass is 16.5. The second-order valence-corrected chi connectivity index (χ2v) is 7.05. The molecule has 1 atom stereocenters. The number of aryl methyl sites for hydroxylation is 1. The standard InChI is InChI=1S/C22H24N4O2/c1-25-15-18(16-10-12-23-13-11-16)21(24-25)19-8-5-6-14-26(19)22(27)17-7-3-4-9-20(17)28-2/h3-4,7,9-13,15,19H,5-6,8,14H2,1-2H3. The van der Waals surface area contributed by atoms with E-state index in [0.717, 1.165) is 36.1 Å². The van der Waals surface area contributed by atoms with Gasteiger partial charge in [-0.05, 0) is 49.1 Å². The lowest BCUT2D eigenvalue weighted by Crippen LogP contribution is -2.39. The van der Waals surface area contributed by atoms with Gasteiger partial charge in [0.15, 0.2) is 0 Å². The predicted molar refractivity (Wildman–Crippen MR) is 107 cm³/mol. The summed E-state index contributed by atoms with van der Waals surface area (Å²) in [6.07, 6.45) is 8.55. The Hall–Kier alpha value is -3.15. The molecule has 0 saturated carbocycles. The van der Waals surface area contributed by atoms with Crippen molar-refractivity contribution in [1.82, 2.24) is 19.7 Å². The number of likely N-dealkylation sites (tertiary alicyclic amines) is 1. The van der Waals surface area contributed by atoms with Crippen LogP contribution in [0.15, 0.2) is 55.0 Å². The van der Waals surface area contributed by atoms with Crippen LogP contribution in [0.2, 0.25) is 0 Å². The molecule has 0 aliphatic carbocycles. The molecule has 3 heterocycles. The van der Waals surface area contributed by atoms with E-state index in [2.05, 4.69) is 4.98 Å². The minimum absolute atomic E-state index is 0.00604. The van der Waals surface area contributed by atoms with Crippen LogP contribution in [0.3, 0.4) is 0 Å². The van der Waals surface area contributed by atoms with Gasteiger partial charge in [0.1, 0.15) is 5.75 Å². The van der Waals surface area contributed by atoms with Crippen molar-refractivity contribution in [3.8, 4) is 16.9 Å². The summed E-state index contributed by atoms with van der Waals surface area (Å²) in [7, 11) is 3.52. The third-order valence-electron chi connectivity index (χ3n) is 5.27. The molecule has 144 valence electrons. The zero-order chi connectivity index (χ0) is 19.5. The van der Waals surface area contributed by atoms with Gasteiger partial charge in [-0.25, -0.2) is 0 Å². The Labute approximate surface area is 164 Å². The maximum absolute atomic E-state index is 13.4. The van der Waals surface area contributed by atoms with Crippen molar-refractivity contribution in [3.05, 3.63) is 66.2 Å². The molecule has 1 aromatic carbocycles. The van der Waals surface area contributed by atoms with Gasteiger partial charge in [-0.1, -0.05) is 12.1 Å². The number of para-hydroxylation sites is 1. The molecule has 1 aliphatic heterocycles. The molecule has 0 N–H and O–H groups in total. The molecule has 1 amide bonds. The van der Waals surface area contributed by atoms with Gasteiger partial charge in [-0.2, -0.15) is 5.10 Å². The fourth-order valence-electron chi connectivity index (χ4n) is 3.94. The Balaban J connectivity index is 1.74. The van der Waals surface area contributed by atoms with Gasteiger partial charge in [0, 0.05) is 37.7 Å². The van der Waals surface area contributed by atoms with Gasteiger partial charge >= 0.3 is 0 Å². The molecule has 0 radical (unpaired) electrons. The molecule has 6 nitrogen and oxygen atoms in total. The second kappa shape index (κ2) is 7.84. The number of ether oxygens (including phenoxy) is 1. The zero-order valence-corrected chi connectivity index (χ0v) is 16.2.